The van der Waals surface area contributed by atoms with Gasteiger partial charge in [-0.05, 0) is 18.2 Å². The van der Waals surface area contributed by atoms with Crippen LogP contribution in [0.4, 0.5) is 13.2 Å². The minimum Gasteiger partial charge on any atom is -0.324 e. The van der Waals surface area contributed by atoms with Crippen molar-refractivity contribution >= 4 is 17.8 Å². The Morgan fingerprint density at radius 3 is 2.08 bits per heavy atom. The van der Waals surface area contributed by atoms with E-state index in [2.05, 4.69) is 4.84 Å². The van der Waals surface area contributed by atoms with Crippen molar-refractivity contribution in [2.75, 3.05) is 0 Å². The van der Waals surface area contributed by atoms with Gasteiger partial charge in [0.25, 0.3) is 18.2 Å². The number of imide groups is 1. The minimum atomic E-state index is -3.13. The molecule has 2 amide bonds. The van der Waals surface area contributed by atoms with Crippen LogP contribution in [0.3, 0.4) is 0 Å². The largest absolute Gasteiger partial charge is 0.366 e. The summed E-state index contributed by atoms with van der Waals surface area (Å²) in [5, 5.41) is 0.182. The molecule has 0 aromatic heterocycles. The van der Waals surface area contributed by atoms with Crippen LogP contribution in [0.2, 0.25) is 0 Å². The number of carbonyl (C=O) groups is 3. The van der Waals surface area contributed by atoms with Crippen LogP contribution in [0, 0.1) is 5.82 Å². The fourth-order valence-electron chi connectivity index (χ4n) is 2.26. The van der Waals surface area contributed by atoms with E-state index in [9.17, 15) is 27.6 Å². The van der Waals surface area contributed by atoms with Crippen molar-refractivity contribution in [2.24, 2.45) is 0 Å². The zero-order chi connectivity index (χ0) is 17.4. The average molecular weight is 335 g/mol. The molecule has 0 fully saturated rings. The Morgan fingerprint density at radius 1 is 0.958 bits per heavy atom. The predicted molar refractivity (Wildman–Crippen MR) is 73.7 cm³/mol. The quantitative estimate of drug-likeness (QED) is 0.809. The molecule has 0 spiro atoms. The van der Waals surface area contributed by atoms with Crippen LogP contribution >= 0.6 is 0 Å². The maximum atomic E-state index is 13.9. The Labute approximate surface area is 133 Å². The van der Waals surface area contributed by atoms with Gasteiger partial charge in [-0.25, -0.2) is 18.0 Å². The fourth-order valence-corrected chi connectivity index (χ4v) is 2.26. The molecule has 1 aliphatic rings. The predicted octanol–water partition coefficient (Wildman–Crippen LogP) is 3.13. The zero-order valence-corrected chi connectivity index (χ0v) is 11.8. The summed E-state index contributed by atoms with van der Waals surface area (Å²) in [6, 6.07) is 8.54. The molecule has 122 valence electrons. The van der Waals surface area contributed by atoms with Gasteiger partial charge in [-0.2, -0.15) is 0 Å². The van der Waals surface area contributed by atoms with Gasteiger partial charge < -0.3 is 4.84 Å². The maximum Gasteiger partial charge on any atom is 0.366 e. The molecule has 1 heterocycles. The van der Waals surface area contributed by atoms with Crippen molar-refractivity contribution in [2.45, 2.75) is 6.43 Å². The summed E-state index contributed by atoms with van der Waals surface area (Å²) in [5.41, 5.74) is -1.73. The summed E-state index contributed by atoms with van der Waals surface area (Å²) in [6.07, 6.45) is -3.13. The smallest absolute Gasteiger partial charge is 0.324 e. The number of fused-ring (bicyclic) bond motifs is 1. The Morgan fingerprint density at radius 2 is 1.54 bits per heavy atom. The molecule has 2 aromatic rings. The van der Waals surface area contributed by atoms with Crippen molar-refractivity contribution in [3.8, 4) is 0 Å². The van der Waals surface area contributed by atoms with Gasteiger partial charge in [0.15, 0.2) is 0 Å². The molecule has 0 aliphatic carbocycles. The third-order valence-corrected chi connectivity index (χ3v) is 3.41. The maximum absolute atomic E-state index is 13.9. The third kappa shape index (κ3) is 2.41. The fraction of sp³-hybridized carbons (Fsp3) is 0.0625. The molecule has 24 heavy (non-hydrogen) atoms. The van der Waals surface area contributed by atoms with Gasteiger partial charge in [-0.15, -0.1) is 0 Å². The van der Waals surface area contributed by atoms with Crippen molar-refractivity contribution in [1.82, 2.24) is 5.06 Å². The van der Waals surface area contributed by atoms with Gasteiger partial charge in [0, 0.05) is 0 Å². The first-order valence-corrected chi connectivity index (χ1v) is 6.68. The molecule has 0 saturated heterocycles. The minimum absolute atomic E-state index is 0.0251. The number of hydroxylamine groups is 2. The lowest BCUT2D eigenvalue weighted by molar-refractivity contribution is -0.0587. The molecule has 0 atom stereocenters. The van der Waals surface area contributed by atoms with Crippen LogP contribution in [0.1, 0.15) is 43.1 Å². The second-order valence-electron chi connectivity index (χ2n) is 4.84. The number of carbonyl (C=O) groups excluding carboxylic acids is 3. The summed E-state index contributed by atoms with van der Waals surface area (Å²) in [6.45, 7) is 0. The highest BCUT2D eigenvalue weighted by Crippen LogP contribution is 2.26. The first kappa shape index (κ1) is 15.7. The second-order valence-corrected chi connectivity index (χ2v) is 4.84. The summed E-state index contributed by atoms with van der Waals surface area (Å²) >= 11 is 0. The van der Waals surface area contributed by atoms with Crippen molar-refractivity contribution in [3.05, 3.63) is 70.5 Å². The van der Waals surface area contributed by atoms with Crippen molar-refractivity contribution < 1.29 is 32.4 Å². The van der Waals surface area contributed by atoms with E-state index in [4.69, 9.17) is 0 Å². The zero-order valence-electron chi connectivity index (χ0n) is 11.8. The lowest BCUT2D eigenvalue weighted by Gasteiger charge is -2.13. The van der Waals surface area contributed by atoms with E-state index in [-0.39, 0.29) is 16.2 Å². The van der Waals surface area contributed by atoms with Crippen molar-refractivity contribution in [3.63, 3.8) is 0 Å². The molecule has 0 bridgehead atoms. The topological polar surface area (TPSA) is 63.7 Å². The number of hydrogen-bond donors (Lipinski definition) is 0. The van der Waals surface area contributed by atoms with E-state index in [0.717, 1.165) is 18.2 Å². The molecular weight excluding hydrogens is 327 g/mol. The van der Waals surface area contributed by atoms with Gasteiger partial charge >= 0.3 is 5.97 Å². The number of halogens is 3. The van der Waals surface area contributed by atoms with Crippen LogP contribution in [0.25, 0.3) is 0 Å². The molecule has 5 nitrogen and oxygen atoms in total. The van der Waals surface area contributed by atoms with Gasteiger partial charge in [0.05, 0.1) is 22.3 Å². The van der Waals surface area contributed by atoms with Crippen LogP contribution in [-0.4, -0.2) is 22.8 Å². The lowest BCUT2D eigenvalue weighted by atomic mass is 10.1. The molecule has 8 heteroatoms. The van der Waals surface area contributed by atoms with E-state index >= 15 is 0 Å². The monoisotopic (exact) mass is 335 g/mol. The van der Waals surface area contributed by atoms with Gasteiger partial charge in [0.1, 0.15) is 5.82 Å². The van der Waals surface area contributed by atoms with Crippen LogP contribution in [0.15, 0.2) is 42.5 Å². The number of alkyl halides is 2. The summed E-state index contributed by atoms with van der Waals surface area (Å²) in [4.78, 5) is 40.7. The van der Waals surface area contributed by atoms with Crippen LogP contribution in [-0.2, 0) is 4.84 Å². The molecule has 0 unspecified atom stereocenters. The third-order valence-electron chi connectivity index (χ3n) is 3.41. The van der Waals surface area contributed by atoms with Crippen LogP contribution in [0.5, 0.6) is 0 Å². The van der Waals surface area contributed by atoms with E-state index in [1.807, 2.05) is 0 Å². The van der Waals surface area contributed by atoms with E-state index in [0.29, 0.717) is 0 Å². The van der Waals surface area contributed by atoms with Gasteiger partial charge in [0.2, 0.25) is 0 Å². The molecule has 0 N–H and O–H groups in total. The number of nitrogens with zero attached hydrogens (tertiary/aromatic N) is 1. The van der Waals surface area contributed by atoms with Crippen LogP contribution < -0.4 is 0 Å². The Balaban J connectivity index is 1.88. The molecule has 0 saturated carbocycles. The Kier molecular flexibility index (Phi) is 3.80. The number of rotatable bonds is 3. The highest BCUT2D eigenvalue weighted by molar-refractivity contribution is 6.21. The van der Waals surface area contributed by atoms with E-state index < -0.39 is 41.2 Å². The Bertz CT molecular complexity index is 831. The normalized spacial score (nSPS) is 13.4. The molecular formula is C16H8F3NO4. The standard InChI is InChI=1S/C16H8F3NO4/c17-12-10(13(18)19)6-3-7-11(12)16(23)24-20-14(21)8-4-1-2-5-9(8)15(20)22/h1-7,13H. The average Bonchev–Trinajstić information content (AvgIpc) is 2.80. The highest BCUT2D eigenvalue weighted by atomic mass is 19.3. The lowest BCUT2D eigenvalue weighted by Crippen LogP contribution is -2.33. The summed E-state index contributed by atoms with van der Waals surface area (Å²) < 4.78 is 39.3. The Hall–Kier alpha value is -3.16. The first-order chi connectivity index (χ1) is 11.4. The number of benzene rings is 2. The molecule has 0 radical (unpaired) electrons. The van der Waals surface area contributed by atoms with E-state index in [1.165, 1.54) is 24.3 Å². The van der Waals surface area contributed by atoms with Crippen molar-refractivity contribution in [1.29, 1.82) is 0 Å². The number of hydrogen-bond acceptors (Lipinski definition) is 4. The molecule has 1 aliphatic heterocycles. The number of amides is 2. The van der Waals surface area contributed by atoms with E-state index in [1.54, 1.807) is 0 Å². The highest BCUT2D eigenvalue weighted by Gasteiger charge is 2.39. The second kappa shape index (κ2) is 5.80. The molecule has 2 aromatic carbocycles. The SMILES string of the molecule is O=C(ON1C(=O)c2ccccc2C1=O)c1cccc(C(F)F)c1F. The van der Waals surface area contributed by atoms with Gasteiger partial charge in [-0.1, -0.05) is 29.3 Å². The van der Waals surface area contributed by atoms with Gasteiger partial charge in [-0.3, -0.25) is 9.59 Å². The molecule has 3 rings (SSSR count). The first-order valence-electron chi connectivity index (χ1n) is 6.68. The summed E-state index contributed by atoms with van der Waals surface area (Å²) in [7, 11) is 0. The summed E-state index contributed by atoms with van der Waals surface area (Å²) in [5.74, 6) is -4.68.